The number of nitrogens with zero attached hydrogens (tertiary/aromatic N) is 3. The van der Waals surface area contributed by atoms with Gasteiger partial charge in [0.2, 0.25) is 5.96 Å². The molecule has 3 aromatic rings. The predicted molar refractivity (Wildman–Crippen MR) is 106 cm³/mol. The van der Waals surface area contributed by atoms with Crippen molar-refractivity contribution in [2.24, 2.45) is 26.8 Å². The molecule has 1 aromatic heterocycles. The minimum absolute atomic E-state index is 0.121. The van der Waals surface area contributed by atoms with Crippen LogP contribution in [0, 0.1) is 4.91 Å². The second kappa shape index (κ2) is 7.48. The van der Waals surface area contributed by atoms with E-state index in [0.717, 1.165) is 10.9 Å². The van der Waals surface area contributed by atoms with Crippen LogP contribution in [0.4, 0.5) is 11.4 Å². The van der Waals surface area contributed by atoms with Crippen LogP contribution in [0.15, 0.2) is 63.9 Å². The summed E-state index contributed by atoms with van der Waals surface area (Å²) in [6, 6.07) is 13.8. The first-order valence-corrected chi connectivity index (χ1v) is 7.98. The number of carbonyl (C=O) groups excluding carboxylic acids is 1. The van der Waals surface area contributed by atoms with Gasteiger partial charge in [0.05, 0.1) is 11.2 Å². The number of aromatic amines is 1. The maximum absolute atomic E-state index is 12.5. The van der Waals surface area contributed by atoms with Crippen molar-refractivity contribution in [3.05, 3.63) is 64.7 Å². The Morgan fingerprint density at radius 3 is 2.48 bits per heavy atom. The number of hydrogen-bond donors (Lipinski definition) is 4. The molecule has 0 spiro atoms. The molecule has 0 saturated carbocycles. The van der Waals surface area contributed by atoms with E-state index in [9.17, 15) is 9.70 Å². The van der Waals surface area contributed by atoms with Crippen LogP contribution < -0.4 is 16.8 Å². The van der Waals surface area contributed by atoms with Crippen LogP contribution in [0.3, 0.4) is 0 Å². The van der Waals surface area contributed by atoms with Gasteiger partial charge in [0.1, 0.15) is 11.4 Å². The van der Waals surface area contributed by atoms with E-state index in [1.807, 2.05) is 0 Å². The number of hydrogen-bond acceptors (Lipinski definition) is 5. The molecule has 0 radical (unpaired) electrons. The highest BCUT2D eigenvalue weighted by Gasteiger charge is 2.12. The molecule has 1 amide bonds. The normalized spacial score (nSPS) is 11.2. The monoisotopic (exact) mass is 363 g/mol. The first-order valence-electron chi connectivity index (χ1n) is 7.98. The first-order chi connectivity index (χ1) is 13.0. The Morgan fingerprint density at radius 2 is 1.81 bits per heavy atom. The number of rotatable bonds is 5. The zero-order valence-electron chi connectivity index (χ0n) is 14.4. The molecule has 0 fully saturated rings. The van der Waals surface area contributed by atoms with Crippen LogP contribution in [-0.4, -0.2) is 22.6 Å². The molecule has 9 heteroatoms. The largest absolute Gasteiger partial charge is 0.369 e. The van der Waals surface area contributed by atoms with Gasteiger partial charge in [-0.2, -0.15) is 5.10 Å². The molecule has 0 atom stereocenters. The minimum Gasteiger partial charge on any atom is -0.369 e. The smallest absolute Gasteiger partial charge is 0.272 e. The van der Waals surface area contributed by atoms with Gasteiger partial charge in [0, 0.05) is 11.1 Å². The van der Waals surface area contributed by atoms with Crippen molar-refractivity contribution >= 4 is 39.9 Å². The van der Waals surface area contributed by atoms with Crippen LogP contribution in [0.25, 0.3) is 10.9 Å². The fraction of sp³-hybridized carbons (Fsp3) is 0.0556. The molecule has 0 aliphatic rings. The molecule has 0 aliphatic heterocycles. The summed E-state index contributed by atoms with van der Waals surface area (Å²) < 4.78 is 0. The van der Waals surface area contributed by atoms with E-state index in [-0.39, 0.29) is 17.6 Å². The Kier molecular flexibility index (Phi) is 4.93. The van der Waals surface area contributed by atoms with Crippen LogP contribution in [0.1, 0.15) is 23.0 Å². The highest BCUT2D eigenvalue weighted by Crippen LogP contribution is 2.26. The third-order valence-electron chi connectivity index (χ3n) is 3.85. The zero-order chi connectivity index (χ0) is 19.4. The number of nitrogens with one attached hydrogen (secondary N) is 2. The molecule has 0 aliphatic carbocycles. The van der Waals surface area contributed by atoms with E-state index in [2.05, 4.69) is 25.7 Å². The van der Waals surface area contributed by atoms with Crippen molar-refractivity contribution in [1.29, 1.82) is 0 Å². The molecule has 27 heavy (non-hydrogen) atoms. The Bertz CT molecular complexity index is 1060. The summed E-state index contributed by atoms with van der Waals surface area (Å²) in [4.78, 5) is 26.2. The van der Waals surface area contributed by atoms with Crippen molar-refractivity contribution < 1.29 is 4.79 Å². The maximum Gasteiger partial charge on any atom is 0.272 e. The third-order valence-corrected chi connectivity index (χ3v) is 3.85. The number of anilines is 1. The van der Waals surface area contributed by atoms with Crippen LogP contribution >= 0.6 is 0 Å². The highest BCUT2D eigenvalue weighted by atomic mass is 16.3. The van der Waals surface area contributed by atoms with Crippen LogP contribution in [0.5, 0.6) is 0 Å². The van der Waals surface area contributed by atoms with Gasteiger partial charge >= 0.3 is 0 Å². The summed E-state index contributed by atoms with van der Waals surface area (Å²) in [6.45, 7) is 1.77. The Balaban J connectivity index is 1.77. The average molecular weight is 363 g/mol. The molecule has 3 rings (SSSR count). The lowest BCUT2D eigenvalue weighted by Crippen LogP contribution is -2.22. The summed E-state index contributed by atoms with van der Waals surface area (Å²) in [5.74, 6) is -0.453. The molecular formula is C18H17N7O2. The van der Waals surface area contributed by atoms with Gasteiger partial charge in [0.25, 0.3) is 5.91 Å². The minimum atomic E-state index is -0.332. The second-order valence-electron chi connectivity index (χ2n) is 5.76. The average Bonchev–Trinajstić information content (AvgIpc) is 3.11. The van der Waals surface area contributed by atoms with Crippen molar-refractivity contribution in [1.82, 2.24) is 4.98 Å². The number of amides is 1. The summed E-state index contributed by atoms with van der Waals surface area (Å²) in [6.07, 6.45) is 0. The maximum atomic E-state index is 12.5. The fourth-order valence-corrected chi connectivity index (χ4v) is 2.52. The third kappa shape index (κ3) is 3.98. The Morgan fingerprint density at radius 1 is 1.07 bits per heavy atom. The van der Waals surface area contributed by atoms with Gasteiger partial charge in [-0.25, -0.2) is 0 Å². The van der Waals surface area contributed by atoms with E-state index < -0.39 is 0 Å². The number of H-pyrrole nitrogens is 1. The van der Waals surface area contributed by atoms with E-state index >= 15 is 0 Å². The quantitative estimate of drug-likeness (QED) is 0.238. The standard InChI is InChI=1S/C18H17N7O2/c1-10(23-24-18(19)20)11-5-7-13(8-6-11)21-17(26)15-9-12-3-2-4-14(25-27)16(12)22-15/h2-9,22H,1H3,(H,21,26)(H4,19,20,24)/b23-10+. The van der Waals surface area contributed by atoms with Crippen LogP contribution in [-0.2, 0) is 0 Å². The number of aromatic nitrogens is 1. The van der Waals surface area contributed by atoms with Crippen molar-refractivity contribution in [2.45, 2.75) is 6.92 Å². The zero-order valence-corrected chi connectivity index (χ0v) is 14.4. The van der Waals surface area contributed by atoms with Crippen molar-refractivity contribution in [2.75, 3.05) is 5.32 Å². The summed E-state index contributed by atoms with van der Waals surface area (Å²) in [5, 5.41) is 14.0. The number of nitrogens with two attached hydrogens (primary N) is 2. The number of benzene rings is 2. The molecule has 2 aromatic carbocycles. The van der Waals surface area contributed by atoms with Gasteiger partial charge in [-0.3, -0.25) is 4.79 Å². The highest BCUT2D eigenvalue weighted by molar-refractivity contribution is 6.07. The van der Waals surface area contributed by atoms with Gasteiger partial charge in [-0.15, -0.1) is 10.0 Å². The van der Waals surface area contributed by atoms with E-state index in [1.165, 1.54) is 0 Å². The lowest BCUT2D eigenvalue weighted by atomic mass is 10.1. The number of nitroso groups, excluding NO2 is 1. The first kappa shape index (κ1) is 17.8. The second-order valence-corrected chi connectivity index (χ2v) is 5.76. The van der Waals surface area contributed by atoms with Gasteiger partial charge in [-0.1, -0.05) is 24.3 Å². The molecule has 0 unspecified atom stereocenters. The van der Waals surface area contributed by atoms with E-state index in [4.69, 9.17) is 11.5 Å². The summed E-state index contributed by atoms with van der Waals surface area (Å²) in [7, 11) is 0. The fourth-order valence-electron chi connectivity index (χ4n) is 2.52. The molecule has 1 heterocycles. The molecule has 136 valence electrons. The van der Waals surface area contributed by atoms with Crippen molar-refractivity contribution in [3.8, 4) is 0 Å². The Hall–Kier alpha value is -4.01. The Labute approximate surface area is 154 Å². The number of fused-ring (bicyclic) bond motifs is 1. The van der Waals surface area contributed by atoms with Crippen LogP contribution in [0.2, 0.25) is 0 Å². The van der Waals surface area contributed by atoms with Crippen molar-refractivity contribution in [3.63, 3.8) is 0 Å². The number of carbonyl (C=O) groups is 1. The number of guanidine groups is 1. The summed E-state index contributed by atoms with van der Waals surface area (Å²) in [5.41, 5.74) is 13.6. The number of para-hydroxylation sites is 1. The molecule has 0 saturated heterocycles. The molecular weight excluding hydrogens is 346 g/mol. The topological polar surface area (TPSA) is 151 Å². The summed E-state index contributed by atoms with van der Waals surface area (Å²) >= 11 is 0. The lowest BCUT2D eigenvalue weighted by molar-refractivity contribution is 0.102. The van der Waals surface area contributed by atoms with E-state index in [0.29, 0.717) is 22.6 Å². The van der Waals surface area contributed by atoms with Gasteiger partial charge in [-0.05, 0) is 41.9 Å². The molecule has 9 nitrogen and oxygen atoms in total. The van der Waals surface area contributed by atoms with E-state index in [1.54, 1.807) is 55.5 Å². The van der Waals surface area contributed by atoms with Gasteiger partial charge in [0.15, 0.2) is 0 Å². The predicted octanol–water partition coefficient (Wildman–Crippen LogP) is 2.82. The SMILES string of the molecule is C/C(=N\N=C(N)N)c1ccc(NC(=O)c2cc3cccc(N=O)c3[nH]2)cc1. The lowest BCUT2D eigenvalue weighted by Gasteiger charge is -2.05. The molecule has 6 N–H and O–H groups in total. The molecule has 0 bridgehead atoms. The van der Waals surface area contributed by atoms with Gasteiger partial charge < -0.3 is 21.8 Å².